The topological polar surface area (TPSA) is 77.0 Å². The van der Waals surface area contributed by atoms with Gasteiger partial charge in [0.25, 0.3) is 5.91 Å². The number of nitrogens with two attached hydrogens (primary N) is 1. The zero-order valence-corrected chi connectivity index (χ0v) is 22.7. The maximum Gasteiger partial charge on any atom is 0.254 e. The Kier molecular flexibility index (Phi) is 9.43. The van der Waals surface area contributed by atoms with Crippen molar-refractivity contribution in [2.45, 2.75) is 38.9 Å². The van der Waals surface area contributed by atoms with E-state index in [2.05, 4.69) is 0 Å². The van der Waals surface area contributed by atoms with Gasteiger partial charge in [0, 0.05) is 23.2 Å². The molecule has 2 N–H and O–H groups in total. The molecule has 0 aliphatic carbocycles. The fourth-order valence-corrected chi connectivity index (χ4v) is 4.69. The monoisotopic (exact) mass is 551 g/mol. The van der Waals surface area contributed by atoms with Crippen molar-refractivity contribution in [1.82, 2.24) is 19.7 Å². The molecular weight excluding hydrogens is 520 g/mol. The lowest BCUT2D eigenvalue weighted by Crippen LogP contribution is -2.41. The molecule has 204 valence electrons. The minimum atomic E-state index is -0.706. The highest BCUT2D eigenvalue weighted by Gasteiger charge is 2.34. The minimum Gasteiger partial charge on any atom is -0.328 e. The summed E-state index contributed by atoms with van der Waals surface area (Å²) in [4.78, 5) is 20.3. The van der Waals surface area contributed by atoms with Crippen LogP contribution in [0.15, 0.2) is 78.9 Å². The molecule has 39 heavy (non-hydrogen) atoms. The van der Waals surface area contributed by atoms with E-state index in [4.69, 9.17) is 27.4 Å². The zero-order chi connectivity index (χ0) is 27.9. The van der Waals surface area contributed by atoms with Crippen molar-refractivity contribution in [3.8, 4) is 11.4 Å². The second-order valence-corrected chi connectivity index (χ2v) is 10.3. The van der Waals surface area contributed by atoms with Crippen LogP contribution in [0.4, 0.5) is 8.78 Å². The second-order valence-electron chi connectivity index (χ2n) is 9.82. The molecule has 0 aliphatic rings. The molecule has 9 heteroatoms. The molecule has 0 radical (unpaired) electrons. The van der Waals surface area contributed by atoms with Crippen LogP contribution in [0.1, 0.15) is 48.1 Å². The standard InChI is InChI=1S/C30H32ClF2N5O/c1-20(2)27(37(16-15-24(34)18-32)30(39)22-11-7-4-8-12-22)29-35-28(25-17-23(31)13-14-26(25)33)36-38(29)19-21-9-5-3-6-10-21/h3-14,17,20,24,27H,15-16,18-19,34H2,1-2H3/t24-,27+/m0/s1. The molecule has 6 nitrogen and oxygen atoms in total. The molecular formula is C30H32ClF2N5O. The molecule has 2 atom stereocenters. The molecule has 3 aromatic carbocycles. The van der Waals surface area contributed by atoms with E-state index in [0.717, 1.165) is 5.56 Å². The van der Waals surface area contributed by atoms with E-state index in [1.54, 1.807) is 33.8 Å². The third-order valence-corrected chi connectivity index (χ3v) is 6.73. The summed E-state index contributed by atoms with van der Waals surface area (Å²) in [5, 5.41) is 5.05. The van der Waals surface area contributed by atoms with Crippen molar-refractivity contribution in [1.29, 1.82) is 0 Å². The van der Waals surface area contributed by atoms with Crippen molar-refractivity contribution in [3.63, 3.8) is 0 Å². The molecule has 0 saturated carbocycles. The first-order valence-electron chi connectivity index (χ1n) is 12.9. The van der Waals surface area contributed by atoms with Crippen molar-refractivity contribution < 1.29 is 13.6 Å². The van der Waals surface area contributed by atoms with Crippen LogP contribution < -0.4 is 5.73 Å². The first-order valence-corrected chi connectivity index (χ1v) is 13.3. The van der Waals surface area contributed by atoms with Crippen molar-refractivity contribution in [2.75, 3.05) is 13.2 Å². The van der Waals surface area contributed by atoms with Crippen molar-refractivity contribution in [3.05, 3.63) is 107 Å². The van der Waals surface area contributed by atoms with Crippen LogP contribution in [0.5, 0.6) is 0 Å². The van der Waals surface area contributed by atoms with E-state index in [-0.39, 0.29) is 36.2 Å². The highest BCUT2D eigenvalue weighted by atomic mass is 35.5. The lowest BCUT2D eigenvalue weighted by Gasteiger charge is -2.34. The van der Waals surface area contributed by atoms with Crippen molar-refractivity contribution in [2.24, 2.45) is 11.7 Å². The van der Waals surface area contributed by atoms with Gasteiger partial charge in [-0.05, 0) is 48.2 Å². The Bertz CT molecular complexity index is 1380. The molecule has 0 unspecified atom stereocenters. The summed E-state index contributed by atoms with van der Waals surface area (Å²) in [5.41, 5.74) is 7.54. The van der Waals surface area contributed by atoms with E-state index in [1.807, 2.05) is 50.2 Å². The maximum atomic E-state index is 14.9. The number of benzene rings is 3. The summed E-state index contributed by atoms with van der Waals surface area (Å²) in [7, 11) is 0. The van der Waals surface area contributed by atoms with Crippen molar-refractivity contribution >= 4 is 17.5 Å². The van der Waals surface area contributed by atoms with Gasteiger partial charge in [0.1, 0.15) is 12.5 Å². The largest absolute Gasteiger partial charge is 0.328 e. The van der Waals surface area contributed by atoms with E-state index < -0.39 is 24.6 Å². The molecule has 1 aromatic heterocycles. The summed E-state index contributed by atoms with van der Waals surface area (Å²) in [6.45, 7) is 3.83. The Morgan fingerprint density at radius 3 is 2.36 bits per heavy atom. The average molecular weight is 552 g/mol. The van der Waals surface area contributed by atoms with Gasteiger partial charge in [-0.25, -0.2) is 18.4 Å². The molecule has 4 aromatic rings. The van der Waals surface area contributed by atoms with E-state index in [1.165, 1.54) is 18.2 Å². The Labute approximate surface area is 232 Å². The van der Waals surface area contributed by atoms with Crippen LogP contribution in [0.2, 0.25) is 5.02 Å². The third-order valence-electron chi connectivity index (χ3n) is 6.50. The number of nitrogens with zero attached hydrogens (tertiary/aromatic N) is 4. The van der Waals surface area contributed by atoms with Crippen LogP contribution in [-0.2, 0) is 6.54 Å². The van der Waals surface area contributed by atoms with Gasteiger partial charge in [0.15, 0.2) is 11.6 Å². The normalized spacial score (nSPS) is 12.9. The first-order chi connectivity index (χ1) is 18.8. The van der Waals surface area contributed by atoms with Gasteiger partial charge in [0.2, 0.25) is 0 Å². The first kappa shape index (κ1) is 28.4. The lowest BCUT2D eigenvalue weighted by atomic mass is 9.99. The third kappa shape index (κ3) is 6.88. The van der Waals surface area contributed by atoms with Crippen LogP contribution in [-0.4, -0.2) is 44.8 Å². The van der Waals surface area contributed by atoms with Crippen LogP contribution >= 0.6 is 11.6 Å². The minimum absolute atomic E-state index is 0.116. The van der Waals surface area contributed by atoms with Gasteiger partial charge in [-0.2, -0.15) is 5.10 Å². The molecule has 0 spiro atoms. The number of aromatic nitrogens is 3. The zero-order valence-electron chi connectivity index (χ0n) is 22.0. The molecule has 0 aliphatic heterocycles. The second kappa shape index (κ2) is 13.0. The van der Waals surface area contributed by atoms with E-state index >= 15 is 0 Å². The average Bonchev–Trinajstić information content (AvgIpc) is 3.35. The fraction of sp³-hybridized carbons (Fsp3) is 0.300. The number of halogens is 3. The molecule has 0 fully saturated rings. The smallest absolute Gasteiger partial charge is 0.254 e. The number of hydrogen-bond donors (Lipinski definition) is 1. The maximum absolute atomic E-state index is 14.9. The van der Waals surface area contributed by atoms with Gasteiger partial charge in [-0.3, -0.25) is 4.79 Å². The highest BCUT2D eigenvalue weighted by Crippen LogP contribution is 2.32. The summed E-state index contributed by atoms with van der Waals surface area (Å²) in [5.74, 6) is -0.198. The molecule has 4 rings (SSSR count). The van der Waals surface area contributed by atoms with Gasteiger partial charge >= 0.3 is 0 Å². The Morgan fingerprint density at radius 1 is 1.05 bits per heavy atom. The van der Waals surface area contributed by atoms with Crippen LogP contribution in [0.3, 0.4) is 0 Å². The van der Waals surface area contributed by atoms with E-state index in [0.29, 0.717) is 23.0 Å². The van der Waals surface area contributed by atoms with Gasteiger partial charge in [-0.15, -0.1) is 0 Å². The Hall–Kier alpha value is -3.62. The number of carbonyl (C=O) groups excluding carboxylic acids is 1. The number of hydrogen-bond acceptors (Lipinski definition) is 4. The summed E-state index contributed by atoms with van der Waals surface area (Å²) < 4.78 is 29.9. The quantitative estimate of drug-likeness (QED) is 0.237. The van der Waals surface area contributed by atoms with Gasteiger partial charge < -0.3 is 10.6 Å². The molecule has 0 bridgehead atoms. The predicted molar refractivity (Wildman–Crippen MR) is 150 cm³/mol. The van der Waals surface area contributed by atoms with Crippen LogP contribution in [0.25, 0.3) is 11.4 Å². The number of carbonyl (C=O) groups is 1. The van der Waals surface area contributed by atoms with Crippen LogP contribution in [0, 0.1) is 11.7 Å². The summed E-state index contributed by atoms with van der Waals surface area (Å²) in [6, 6.07) is 21.6. The molecule has 0 saturated heterocycles. The summed E-state index contributed by atoms with van der Waals surface area (Å²) >= 11 is 6.18. The van der Waals surface area contributed by atoms with Gasteiger partial charge in [-0.1, -0.05) is 74.0 Å². The number of amides is 1. The summed E-state index contributed by atoms with van der Waals surface area (Å²) in [6.07, 6.45) is 0.265. The fourth-order valence-electron chi connectivity index (χ4n) is 4.52. The molecule has 1 amide bonds. The SMILES string of the molecule is CC(C)[C@H](c1nc(-c2cc(Cl)ccc2F)nn1Cc1ccccc1)N(CC[C@H](N)CF)C(=O)c1ccccc1. The Morgan fingerprint density at radius 2 is 1.72 bits per heavy atom. The number of rotatable bonds is 11. The molecule has 1 heterocycles. The highest BCUT2D eigenvalue weighted by molar-refractivity contribution is 6.30. The lowest BCUT2D eigenvalue weighted by molar-refractivity contribution is 0.0594. The Balaban J connectivity index is 1.85. The predicted octanol–water partition coefficient (Wildman–Crippen LogP) is 6.31. The number of alkyl halides is 1. The van der Waals surface area contributed by atoms with E-state index in [9.17, 15) is 13.6 Å². The van der Waals surface area contributed by atoms with Gasteiger partial charge in [0.05, 0.1) is 18.2 Å².